The molecule has 0 radical (unpaired) electrons. The number of benzene rings is 3. The highest BCUT2D eigenvalue weighted by atomic mass is 19.1. The van der Waals surface area contributed by atoms with Crippen LogP contribution < -0.4 is 36.5 Å². The van der Waals surface area contributed by atoms with E-state index in [1.807, 2.05) is 30.3 Å². The predicted octanol–water partition coefficient (Wildman–Crippen LogP) is 3.59. The molecule has 13 nitrogen and oxygen atoms in total. The summed E-state index contributed by atoms with van der Waals surface area (Å²) < 4.78 is 35.0. The Morgan fingerprint density at radius 1 is 0.723 bits per heavy atom. The molecule has 0 saturated heterocycles. The molecule has 6 N–H and O–H groups in total. The molecule has 0 saturated carbocycles. The van der Waals surface area contributed by atoms with Gasteiger partial charge in [0.05, 0.1) is 40.6 Å². The van der Waals surface area contributed by atoms with Gasteiger partial charge in [-0.05, 0) is 41.5 Å². The number of carbonyl (C=O) groups is 1. The molecule has 0 aliphatic carbocycles. The van der Waals surface area contributed by atoms with Crippen LogP contribution >= 0.6 is 0 Å². The van der Waals surface area contributed by atoms with E-state index in [2.05, 4.69) is 36.2 Å². The number of carbonyl (C=O) groups excluding carboxylic acids is 1. The molecule has 0 unspecified atom stereocenters. The highest BCUT2D eigenvalue weighted by Crippen LogP contribution is 2.31. The van der Waals surface area contributed by atoms with Crippen molar-refractivity contribution in [3.8, 4) is 11.5 Å². The molecule has 0 bridgehead atoms. The Morgan fingerprint density at radius 2 is 1.30 bits per heavy atom. The number of amides is 1. The fourth-order valence-corrected chi connectivity index (χ4v) is 4.36. The lowest BCUT2D eigenvalue weighted by Gasteiger charge is -2.14. The molecule has 3 aromatic carbocycles. The Bertz CT molecular complexity index is 1540. The number of methoxy groups -OCH3 is 2. The van der Waals surface area contributed by atoms with Gasteiger partial charge in [0.1, 0.15) is 5.82 Å². The molecule has 14 heteroatoms. The van der Waals surface area contributed by atoms with Crippen molar-refractivity contribution >= 4 is 23.8 Å². The van der Waals surface area contributed by atoms with E-state index in [4.69, 9.17) is 24.7 Å². The third-order valence-corrected chi connectivity index (χ3v) is 6.75. The summed E-state index contributed by atoms with van der Waals surface area (Å²) in [5, 5.41) is 12.5. The number of nitrogens with zero attached hydrogens (tertiary/aromatic N) is 3. The third kappa shape index (κ3) is 11.4. The zero-order valence-corrected chi connectivity index (χ0v) is 26.6. The molecule has 1 aromatic heterocycles. The molecular formula is C33H41FN8O5. The zero-order chi connectivity index (χ0) is 33.3. The topological polar surface area (TPSA) is 167 Å². The van der Waals surface area contributed by atoms with Gasteiger partial charge in [0.15, 0.2) is 11.5 Å². The maximum Gasteiger partial charge on any atom is 0.251 e. The van der Waals surface area contributed by atoms with E-state index in [1.165, 1.54) is 12.1 Å². The molecule has 47 heavy (non-hydrogen) atoms. The fourth-order valence-electron chi connectivity index (χ4n) is 4.36. The number of para-hydroxylation sites is 1. The average Bonchev–Trinajstić information content (AvgIpc) is 3.10. The molecule has 0 fully saturated rings. The van der Waals surface area contributed by atoms with Crippen molar-refractivity contribution in [2.45, 2.75) is 19.6 Å². The second-order valence-electron chi connectivity index (χ2n) is 10.1. The molecular weight excluding hydrogens is 607 g/mol. The number of nitrogens with two attached hydrogens (primary N) is 1. The van der Waals surface area contributed by atoms with Gasteiger partial charge in [0.2, 0.25) is 17.8 Å². The molecule has 0 aliphatic rings. The summed E-state index contributed by atoms with van der Waals surface area (Å²) in [6.07, 6.45) is 0. The minimum absolute atomic E-state index is 0.190. The normalized spacial score (nSPS) is 10.7. The maximum atomic E-state index is 13.4. The summed E-state index contributed by atoms with van der Waals surface area (Å²) in [7, 11) is 3.17. The summed E-state index contributed by atoms with van der Waals surface area (Å²) in [6, 6.07) is 19.0. The second-order valence-corrected chi connectivity index (χ2v) is 10.1. The summed E-state index contributed by atoms with van der Waals surface area (Å²) in [4.78, 5) is 26.1. The van der Waals surface area contributed by atoms with Gasteiger partial charge < -0.3 is 45.9 Å². The summed E-state index contributed by atoms with van der Waals surface area (Å²) in [5.41, 5.74) is 8.54. The summed E-state index contributed by atoms with van der Waals surface area (Å²) in [5.74, 6) is 1.71. The number of halogens is 1. The van der Waals surface area contributed by atoms with E-state index in [1.54, 1.807) is 38.5 Å². The first kappa shape index (κ1) is 34.8. The van der Waals surface area contributed by atoms with Gasteiger partial charge in [-0.2, -0.15) is 15.0 Å². The van der Waals surface area contributed by atoms with Crippen LogP contribution in [0.4, 0.5) is 22.2 Å². The third-order valence-electron chi connectivity index (χ3n) is 6.75. The number of anilines is 3. The van der Waals surface area contributed by atoms with Gasteiger partial charge in [-0.25, -0.2) is 4.39 Å². The van der Waals surface area contributed by atoms with Crippen molar-refractivity contribution in [2.75, 3.05) is 69.7 Å². The minimum Gasteiger partial charge on any atom is -0.493 e. The molecule has 4 rings (SSSR count). The van der Waals surface area contributed by atoms with Crippen LogP contribution in [0, 0.1) is 5.82 Å². The standard InChI is InChI=1S/C33H41FN8O5/c1-44-28-5-3-4-26(29(28)45-2)22-39-33-41-31(40-32(42-33)38-21-24-8-12-27(34)13-9-24)37-20-23-6-10-25(11-7-23)30(43)36-15-17-47-19-18-46-16-14-35/h3-13H,14-22,35H2,1-2H3,(H,36,43)(H3,37,38,39,40,41,42). The van der Waals surface area contributed by atoms with E-state index in [9.17, 15) is 9.18 Å². The van der Waals surface area contributed by atoms with Crippen LogP contribution in [0.25, 0.3) is 0 Å². The minimum atomic E-state index is -0.306. The van der Waals surface area contributed by atoms with Crippen LogP contribution in [0.15, 0.2) is 66.7 Å². The Morgan fingerprint density at radius 3 is 1.87 bits per heavy atom. The Balaban J connectivity index is 1.36. The monoisotopic (exact) mass is 648 g/mol. The van der Waals surface area contributed by atoms with Crippen molar-refractivity contribution in [3.05, 3.63) is 94.8 Å². The number of nitrogens with one attached hydrogen (secondary N) is 4. The van der Waals surface area contributed by atoms with E-state index in [0.29, 0.717) is 94.1 Å². The van der Waals surface area contributed by atoms with Crippen molar-refractivity contribution in [2.24, 2.45) is 5.73 Å². The lowest BCUT2D eigenvalue weighted by atomic mass is 10.1. The first-order valence-electron chi connectivity index (χ1n) is 15.1. The van der Waals surface area contributed by atoms with Gasteiger partial charge >= 0.3 is 0 Å². The Hall–Kier alpha value is -5.05. The van der Waals surface area contributed by atoms with Crippen molar-refractivity contribution in [1.82, 2.24) is 20.3 Å². The molecule has 1 heterocycles. The largest absolute Gasteiger partial charge is 0.493 e. The molecule has 0 spiro atoms. The first-order valence-corrected chi connectivity index (χ1v) is 15.1. The summed E-state index contributed by atoms with van der Waals surface area (Å²) in [6.45, 7) is 3.79. The number of hydrogen-bond acceptors (Lipinski definition) is 12. The van der Waals surface area contributed by atoms with Crippen LogP contribution in [0.3, 0.4) is 0 Å². The maximum absolute atomic E-state index is 13.4. The van der Waals surface area contributed by atoms with Crippen LogP contribution in [-0.4, -0.2) is 74.6 Å². The molecule has 1 amide bonds. The van der Waals surface area contributed by atoms with Crippen molar-refractivity contribution in [3.63, 3.8) is 0 Å². The lowest BCUT2D eigenvalue weighted by Crippen LogP contribution is -2.27. The molecule has 0 aliphatic heterocycles. The van der Waals surface area contributed by atoms with Crippen LogP contribution in [0.2, 0.25) is 0 Å². The highest BCUT2D eigenvalue weighted by molar-refractivity contribution is 5.94. The average molecular weight is 649 g/mol. The number of hydrogen-bond donors (Lipinski definition) is 5. The van der Waals surface area contributed by atoms with E-state index in [0.717, 1.165) is 16.7 Å². The van der Waals surface area contributed by atoms with Gasteiger partial charge in [0.25, 0.3) is 5.91 Å². The van der Waals surface area contributed by atoms with E-state index in [-0.39, 0.29) is 11.7 Å². The fraction of sp³-hybridized carbons (Fsp3) is 0.333. The van der Waals surface area contributed by atoms with Crippen LogP contribution in [-0.2, 0) is 29.1 Å². The van der Waals surface area contributed by atoms with Gasteiger partial charge in [-0.3, -0.25) is 4.79 Å². The van der Waals surface area contributed by atoms with Crippen molar-refractivity contribution < 1.29 is 28.1 Å². The molecule has 4 aromatic rings. The Kier molecular flexibility index (Phi) is 13.9. The molecule has 0 atom stereocenters. The van der Waals surface area contributed by atoms with Crippen molar-refractivity contribution in [1.29, 1.82) is 0 Å². The zero-order valence-electron chi connectivity index (χ0n) is 26.6. The number of ether oxygens (including phenoxy) is 4. The van der Waals surface area contributed by atoms with Crippen LogP contribution in [0.5, 0.6) is 11.5 Å². The highest BCUT2D eigenvalue weighted by Gasteiger charge is 2.12. The summed E-state index contributed by atoms with van der Waals surface area (Å²) >= 11 is 0. The van der Waals surface area contributed by atoms with Gasteiger partial charge in [-0.15, -0.1) is 0 Å². The predicted molar refractivity (Wildman–Crippen MR) is 177 cm³/mol. The van der Waals surface area contributed by atoms with E-state index < -0.39 is 0 Å². The molecule has 250 valence electrons. The lowest BCUT2D eigenvalue weighted by molar-refractivity contribution is 0.0511. The van der Waals surface area contributed by atoms with E-state index >= 15 is 0 Å². The Labute approximate surface area is 273 Å². The van der Waals surface area contributed by atoms with Gasteiger partial charge in [-0.1, -0.05) is 36.4 Å². The number of rotatable bonds is 20. The van der Waals surface area contributed by atoms with Crippen LogP contribution in [0.1, 0.15) is 27.0 Å². The first-order chi connectivity index (χ1) is 23.0. The quantitative estimate of drug-likeness (QED) is 0.0886. The SMILES string of the molecule is COc1cccc(CNc2nc(NCc3ccc(F)cc3)nc(NCc3ccc(C(=O)NCCOCCOCCN)cc3)n2)c1OC. The number of aromatic nitrogens is 3. The second kappa shape index (κ2) is 18.8. The smallest absolute Gasteiger partial charge is 0.251 e. The van der Waals surface area contributed by atoms with Gasteiger partial charge in [0, 0.05) is 43.9 Å².